The van der Waals surface area contributed by atoms with E-state index in [1.165, 1.54) is 11.3 Å². The smallest absolute Gasteiger partial charge is 0.266 e. The minimum Gasteiger partial charge on any atom is -0.304 e. The topological polar surface area (TPSA) is 64.7 Å². The number of aryl methyl sites for hydroxylation is 2. The Hall–Kier alpha value is -2.32. The molecule has 0 radical (unpaired) electrons. The third-order valence-corrected chi connectivity index (χ3v) is 7.31. The number of hydrogen-bond acceptors (Lipinski definition) is 4. The molecule has 0 bridgehead atoms. The molecule has 10 heteroatoms. The summed E-state index contributed by atoms with van der Waals surface area (Å²) >= 11 is 19.7. The van der Waals surface area contributed by atoms with Crippen molar-refractivity contribution in [2.24, 2.45) is 0 Å². The number of nitrogens with zero attached hydrogens (tertiary/aromatic N) is 4. The molecule has 1 aromatic carbocycles. The van der Waals surface area contributed by atoms with E-state index in [0.29, 0.717) is 38.9 Å². The van der Waals surface area contributed by atoms with Crippen LogP contribution < -0.4 is 5.32 Å². The van der Waals surface area contributed by atoms with Gasteiger partial charge in [0.1, 0.15) is 0 Å². The van der Waals surface area contributed by atoms with Gasteiger partial charge in [0.05, 0.1) is 44.4 Å². The van der Waals surface area contributed by atoms with Crippen LogP contribution in [-0.2, 0) is 13.1 Å². The van der Waals surface area contributed by atoms with Crippen LogP contribution in [-0.4, -0.2) is 25.5 Å². The van der Waals surface area contributed by atoms with Crippen molar-refractivity contribution < 1.29 is 4.79 Å². The Morgan fingerprint density at radius 1 is 0.969 bits per heavy atom. The van der Waals surface area contributed by atoms with Crippen molar-refractivity contribution in [1.29, 1.82) is 0 Å². The Morgan fingerprint density at radius 2 is 1.72 bits per heavy atom. The predicted octanol–water partition coefficient (Wildman–Crippen LogP) is 6.38. The van der Waals surface area contributed by atoms with Gasteiger partial charge in [0.2, 0.25) is 0 Å². The van der Waals surface area contributed by atoms with Crippen molar-refractivity contribution >= 4 is 57.9 Å². The van der Waals surface area contributed by atoms with E-state index in [1.54, 1.807) is 6.07 Å². The molecule has 4 aromatic rings. The normalized spacial score (nSPS) is 11.2. The number of halogens is 3. The number of carbonyl (C=O) groups excluding carboxylic acids is 1. The van der Waals surface area contributed by atoms with Crippen molar-refractivity contribution in [3.8, 4) is 0 Å². The molecule has 4 rings (SSSR count). The summed E-state index contributed by atoms with van der Waals surface area (Å²) in [4.78, 5) is 13.3. The van der Waals surface area contributed by atoms with Crippen molar-refractivity contribution in [1.82, 2.24) is 19.6 Å². The third kappa shape index (κ3) is 4.86. The standard InChI is InChI=1S/C22H20Cl3N5OS/c1-12-6-20(28-29(12)9-15-4-5-17(23)18(24)7-15)26-22(31)19-8-16(11-32-19)10-30-14(3)21(25)13(2)27-30/h4-8,11H,9-10H2,1-3H3,(H,26,28,31). The van der Waals surface area contributed by atoms with Crippen LogP contribution in [0.4, 0.5) is 5.82 Å². The molecule has 0 spiro atoms. The van der Waals surface area contributed by atoms with Gasteiger partial charge in [-0.1, -0.05) is 40.9 Å². The lowest BCUT2D eigenvalue weighted by atomic mass is 10.2. The molecule has 32 heavy (non-hydrogen) atoms. The molecule has 6 nitrogen and oxygen atoms in total. The van der Waals surface area contributed by atoms with Gasteiger partial charge in [0, 0.05) is 11.8 Å². The van der Waals surface area contributed by atoms with Crippen LogP contribution in [0.15, 0.2) is 35.7 Å². The molecule has 0 saturated heterocycles. The first-order valence-electron chi connectivity index (χ1n) is 9.78. The van der Waals surface area contributed by atoms with Crippen LogP contribution in [0.1, 0.15) is 37.9 Å². The maximum Gasteiger partial charge on any atom is 0.266 e. The monoisotopic (exact) mass is 507 g/mol. The fraction of sp³-hybridized carbons (Fsp3) is 0.227. The molecule has 166 valence electrons. The van der Waals surface area contributed by atoms with Crippen molar-refractivity contribution in [3.05, 3.63) is 83.9 Å². The number of rotatable bonds is 6. The van der Waals surface area contributed by atoms with Gasteiger partial charge in [-0.2, -0.15) is 10.2 Å². The summed E-state index contributed by atoms with van der Waals surface area (Å²) in [7, 11) is 0. The fourth-order valence-corrected chi connectivity index (χ4v) is 4.55. The lowest BCUT2D eigenvalue weighted by molar-refractivity contribution is 0.103. The van der Waals surface area contributed by atoms with Crippen molar-refractivity contribution in [2.75, 3.05) is 5.32 Å². The summed E-state index contributed by atoms with van der Waals surface area (Å²) in [6.45, 7) is 6.82. The maximum atomic E-state index is 12.7. The van der Waals surface area contributed by atoms with E-state index >= 15 is 0 Å². The van der Waals surface area contributed by atoms with E-state index in [0.717, 1.165) is 28.2 Å². The quantitative estimate of drug-likeness (QED) is 0.329. The Kier molecular flexibility index (Phi) is 6.62. The van der Waals surface area contributed by atoms with Gasteiger partial charge in [-0.3, -0.25) is 14.2 Å². The van der Waals surface area contributed by atoms with Crippen molar-refractivity contribution in [3.63, 3.8) is 0 Å². The second-order valence-corrected chi connectivity index (χ2v) is 9.60. The maximum absolute atomic E-state index is 12.7. The summed E-state index contributed by atoms with van der Waals surface area (Å²) in [5.74, 6) is 0.291. The van der Waals surface area contributed by atoms with Gasteiger partial charge in [-0.15, -0.1) is 11.3 Å². The molecule has 1 N–H and O–H groups in total. The van der Waals surface area contributed by atoms with Gasteiger partial charge < -0.3 is 5.32 Å². The van der Waals surface area contributed by atoms with Crippen LogP contribution in [0.5, 0.6) is 0 Å². The van der Waals surface area contributed by atoms with E-state index in [-0.39, 0.29) is 5.91 Å². The average molecular weight is 509 g/mol. The second-order valence-electron chi connectivity index (χ2n) is 7.49. The van der Waals surface area contributed by atoms with E-state index in [2.05, 4.69) is 15.5 Å². The first-order chi connectivity index (χ1) is 15.2. The SMILES string of the molecule is Cc1nn(Cc2csc(C(=O)Nc3cc(C)n(Cc4ccc(Cl)c(Cl)c4)n3)c2)c(C)c1Cl. The van der Waals surface area contributed by atoms with Gasteiger partial charge >= 0.3 is 0 Å². The molecule has 0 saturated carbocycles. The van der Waals surface area contributed by atoms with Crippen LogP contribution >= 0.6 is 46.1 Å². The number of thiophene rings is 1. The zero-order valence-corrected chi connectivity index (χ0v) is 20.7. The number of carbonyl (C=O) groups is 1. The highest BCUT2D eigenvalue weighted by molar-refractivity contribution is 7.12. The van der Waals surface area contributed by atoms with E-state index < -0.39 is 0 Å². The molecule has 0 atom stereocenters. The highest BCUT2D eigenvalue weighted by Crippen LogP contribution is 2.24. The predicted molar refractivity (Wildman–Crippen MR) is 131 cm³/mol. The molecular weight excluding hydrogens is 489 g/mol. The third-order valence-electron chi connectivity index (χ3n) is 5.04. The number of nitrogens with one attached hydrogen (secondary N) is 1. The zero-order valence-electron chi connectivity index (χ0n) is 17.6. The number of aromatic nitrogens is 4. The number of benzene rings is 1. The van der Waals surface area contributed by atoms with Crippen LogP contribution in [0.2, 0.25) is 15.1 Å². The summed E-state index contributed by atoms with van der Waals surface area (Å²) < 4.78 is 3.65. The zero-order chi connectivity index (χ0) is 23.0. The number of hydrogen-bond donors (Lipinski definition) is 1. The summed E-state index contributed by atoms with van der Waals surface area (Å²) in [5, 5.41) is 15.5. The molecule has 1 amide bonds. The van der Waals surface area contributed by atoms with Crippen LogP contribution in [0.3, 0.4) is 0 Å². The molecular formula is C22H20Cl3N5OS. The van der Waals surface area contributed by atoms with E-state index in [4.69, 9.17) is 34.8 Å². The van der Waals surface area contributed by atoms with Crippen LogP contribution in [0.25, 0.3) is 0 Å². The van der Waals surface area contributed by atoms with E-state index in [1.807, 2.05) is 59.8 Å². The Labute approximate surface area is 204 Å². The van der Waals surface area contributed by atoms with Crippen molar-refractivity contribution in [2.45, 2.75) is 33.9 Å². The van der Waals surface area contributed by atoms with Crippen LogP contribution in [0, 0.1) is 20.8 Å². The number of amides is 1. The second kappa shape index (κ2) is 9.27. The molecule has 0 aliphatic heterocycles. The molecule has 3 aromatic heterocycles. The summed E-state index contributed by atoms with van der Waals surface area (Å²) in [6.07, 6.45) is 0. The molecule has 0 fully saturated rings. The molecule has 0 unspecified atom stereocenters. The van der Waals surface area contributed by atoms with Gasteiger partial charge in [-0.05, 0) is 55.5 Å². The summed E-state index contributed by atoms with van der Waals surface area (Å²) in [6, 6.07) is 9.17. The highest BCUT2D eigenvalue weighted by atomic mass is 35.5. The highest BCUT2D eigenvalue weighted by Gasteiger charge is 2.15. The van der Waals surface area contributed by atoms with Gasteiger partial charge in [0.25, 0.3) is 5.91 Å². The average Bonchev–Trinajstić information content (AvgIpc) is 3.41. The largest absolute Gasteiger partial charge is 0.304 e. The van der Waals surface area contributed by atoms with E-state index in [9.17, 15) is 4.79 Å². The van der Waals surface area contributed by atoms with Gasteiger partial charge in [0.15, 0.2) is 5.82 Å². The molecule has 0 aliphatic carbocycles. The minimum atomic E-state index is -0.202. The minimum absolute atomic E-state index is 0.202. The summed E-state index contributed by atoms with van der Waals surface area (Å²) in [5.41, 5.74) is 4.58. The molecule has 0 aliphatic rings. The Balaban J connectivity index is 1.43. The lowest BCUT2D eigenvalue weighted by Gasteiger charge is -2.06. The first kappa shape index (κ1) is 22.9. The Morgan fingerprint density at radius 3 is 2.41 bits per heavy atom. The van der Waals surface area contributed by atoms with Gasteiger partial charge in [-0.25, -0.2) is 0 Å². The Bertz CT molecular complexity index is 1310. The number of anilines is 1. The fourth-order valence-electron chi connectivity index (χ4n) is 3.30. The first-order valence-corrected chi connectivity index (χ1v) is 11.8. The lowest BCUT2D eigenvalue weighted by Crippen LogP contribution is -2.11. The molecule has 3 heterocycles.